The summed E-state index contributed by atoms with van der Waals surface area (Å²) >= 11 is 0. The average Bonchev–Trinajstić information content (AvgIpc) is 3.02. The molecule has 3 rings (SSSR count). The van der Waals surface area contributed by atoms with E-state index < -0.39 is 0 Å². The molecule has 3 aromatic rings. The van der Waals surface area contributed by atoms with Gasteiger partial charge < -0.3 is 10.4 Å². The molecule has 0 saturated heterocycles. The second-order valence-corrected chi connectivity index (χ2v) is 6.05. The zero-order valence-electron chi connectivity index (χ0n) is 13.7. The number of nitrogens with one attached hydrogen (secondary N) is 1. The Bertz CT molecular complexity index is 840. The van der Waals surface area contributed by atoms with Crippen molar-refractivity contribution in [2.45, 2.75) is 19.9 Å². The van der Waals surface area contributed by atoms with Crippen LogP contribution in [-0.2, 0) is 0 Å². The maximum atomic E-state index is 10.8. The van der Waals surface area contributed by atoms with Crippen LogP contribution in [0.4, 0.5) is 5.82 Å². The summed E-state index contributed by atoms with van der Waals surface area (Å²) < 4.78 is 1.76. The molecule has 1 unspecified atom stereocenters. The van der Waals surface area contributed by atoms with Crippen LogP contribution in [0.3, 0.4) is 0 Å². The van der Waals surface area contributed by atoms with Crippen LogP contribution in [0.25, 0.3) is 16.9 Å². The number of rotatable bonds is 6. The van der Waals surface area contributed by atoms with Crippen molar-refractivity contribution in [2.75, 3.05) is 11.9 Å². The second-order valence-electron chi connectivity index (χ2n) is 6.05. The molecular formula is C18H20N4O2. The number of benzene rings is 1. The van der Waals surface area contributed by atoms with Gasteiger partial charge in [0.1, 0.15) is 12.1 Å². The number of nitrogens with zero attached hydrogens (tertiary/aromatic N) is 3. The highest BCUT2D eigenvalue weighted by Gasteiger charge is 2.14. The number of carbonyl (C=O) groups excluding carboxylic acids is 1. The highest BCUT2D eigenvalue weighted by molar-refractivity contribution is 5.76. The fourth-order valence-electron chi connectivity index (χ4n) is 2.49. The Morgan fingerprint density at radius 1 is 1.21 bits per heavy atom. The molecule has 2 aromatic heterocycles. The molecule has 0 fully saturated rings. The SMILES string of the molecule is CC(C)C(CO)Nc1ccc2ncc(-c3ccc(C=O)cc3)n2n1. The lowest BCUT2D eigenvalue weighted by Crippen LogP contribution is -2.30. The van der Waals surface area contributed by atoms with Gasteiger partial charge in [-0.1, -0.05) is 38.1 Å². The van der Waals surface area contributed by atoms with Crippen LogP contribution in [0.15, 0.2) is 42.6 Å². The summed E-state index contributed by atoms with van der Waals surface area (Å²) in [6.07, 6.45) is 2.58. The Balaban J connectivity index is 1.97. The van der Waals surface area contributed by atoms with Gasteiger partial charge in [-0.2, -0.15) is 0 Å². The number of aldehydes is 1. The van der Waals surface area contributed by atoms with Crippen molar-refractivity contribution in [1.29, 1.82) is 0 Å². The molecule has 24 heavy (non-hydrogen) atoms. The van der Waals surface area contributed by atoms with Gasteiger partial charge in [0.25, 0.3) is 0 Å². The third-order valence-electron chi connectivity index (χ3n) is 4.04. The number of aliphatic hydroxyl groups is 1. The number of hydrogen-bond donors (Lipinski definition) is 2. The zero-order chi connectivity index (χ0) is 17.1. The van der Waals surface area contributed by atoms with E-state index >= 15 is 0 Å². The number of fused-ring (bicyclic) bond motifs is 1. The fraction of sp³-hybridized carbons (Fsp3) is 0.278. The molecule has 0 aliphatic carbocycles. The largest absolute Gasteiger partial charge is 0.394 e. The molecule has 2 N–H and O–H groups in total. The summed E-state index contributed by atoms with van der Waals surface area (Å²) in [5.41, 5.74) is 3.14. The van der Waals surface area contributed by atoms with Gasteiger partial charge in [-0.05, 0) is 18.1 Å². The van der Waals surface area contributed by atoms with E-state index in [0.717, 1.165) is 23.2 Å². The van der Waals surface area contributed by atoms with Gasteiger partial charge in [0.05, 0.1) is 24.5 Å². The topological polar surface area (TPSA) is 79.5 Å². The van der Waals surface area contributed by atoms with Crippen LogP contribution in [0, 0.1) is 5.92 Å². The average molecular weight is 324 g/mol. The van der Waals surface area contributed by atoms with Crippen LogP contribution in [0.2, 0.25) is 0 Å². The van der Waals surface area contributed by atoms with Gasteiger partial charge in [-0.3, -0.25) is 4.79 Å². The zero-order valence-corrected chi connectivity index (χ0v) is 13.7. The predicted octanol–water partition coefficient (Wildman–Crippen LogP) is 2.64. The smallest absolute Gasteiger partial charge is 0.154 e. The van der Waals surface area contributed by atoms with E-state index in [9.17, 15) is 9.90 Å². The van der Waals surface area contributed by atoms with E-state index in [1.54, 1.807) is 22.8 Å². The molecule has 6 heteroatoms. The number of anilines is 1. The highest BCUT2D eigenvalue weighted by Crippen LogP contribution is 2.21. The second kappa shape index (κ2) is 6.80. The third kappa shape index (κ3) is 3.14. The van der Waals surface area contributed by atoms with Gasteiger partial charge in [0, 0.05) is 11.1 Å². The predicted molar refractivity (Wildman–Crippen MR) is 93.1 cm³/mol. The summed E-state index contributed by atoms with van der Waals surface area (Å²) in [5, 5.41) is 17.3. The molecule has 1 aromatic carbocycles. The van der Waals surface area contributed by atoms with Crippen molar-refractivity contribution in [3.05, 3.63) is 48.2 Å². The molecule has 1 atom stereocenters. The monoisotopic (exact) mass is 324 g/mol. The first-order valence-electron chi connectivity index (χ1n) is 7.90. The lowest BCUT2D eigenvalue weighted by molar-refractivity contribution is 0.112. The van der Waals surface area contributed by atoms with Gasteiger partial charge in [-0.25, -0.2) is 9.50 Å². The van der Waals surface area contributed by atoms with Crippen LogP contribution in [0.5, 0.6) is 0 Å². The third-order valence-corrected chi connectivity index (χ3v) is 4.04. The summed E-state index contributed by atoms with van der Waals surface area (Å²) in [6, 6.07) is 11.0. The quantitative estimate of drug-likeness (QED) is 0.681. The standard InChI is InChI=1S/C18H20N4O2/c1-12(2)15(11-24)20-17-7-8-18-19-9-16(22(18)21-17)14-5-3-13(10-23)4-6-14/h3-10,12,15,24H,11H2,1-2H3,(H,20,21). The highest BCUT2D eigenvalue weighted by atomic mass is 16.3. The van der Waals surface area contributed by atoms with Crippen LogP contribution >= 0.6 is 0 Å². The minimum Gasteiger partial charge on any atom is -0.394 e. The molecule has 0 amide bonds. The first-order chi connectivity index (χ1) is 11.6. The molecule has 0 aliphatic rings. The lowest BCUT2D eigenvalue weighted by atomic mass is 10.1. The van der Waals surface area contributed by atoms with E-state index in [0.29, 0.717) is 11.4 Å². The van der Waals surface area contributed by atoms with Crippen molar-refractivity contribution in [2.24, 2.45) is 5.92 Å². The van der Waals surface area contributed by atoms with Crippen LogP contribution < -0.4 is 5.32 Å². The molecule has 124 valence electrons. The van der Waals surface area contributed by atoms with E-state index in [4.69, 9.17) is 0 Å². The first-order valence-corrected chi connectivity index (χ1v) is 7.90. The fourth-order valence-corrected chi connectivity index (χ4v) is 2.49. The number of carbonyl (C=O) groups is 1. The maximum absolute atomic E-state index is 10.8. The van der Waals surface area contributed by atoms with Crippen molar-refractivity contribution in [1.82, 2.24) is 14.6 Å². The molecule has 0 radical (unpaired) electrons. The number of hydrogen-bond acceptors (Lipinski definition) is 5. The molecule has 6 nitrogen and oxygen atoms in total. The number of imidazole rings is 1. The molecule has 0 aliphatic heterocycles. The van der Waals surface area contributed by atoms with Gasteiger partial charge in [0.15, 0.2) is 5.65 Å². The molecule has 0 bridgehead atoms. The van der Waals surface area contributed by atoms with E-state index in [1.165, 1.54) is 0 Å². The summed E-state index contributed by atoms with van der Waals surface area (Å²) in [6.45, 7) is 4.13. The number of aliphatic hydroxyl groups excluding tert-OH is 1. The summed E-state index contributed by atoms with van der Waals surface area (Å²) in [4.78, 5) is 15.2. The van der Waals surface area contributed by atoms with Gasteiger partial charge in [-0.15, -0.1) is 5.10 Å². The Morgan fingerprint density at radius 2 is 1.96 bits per heavy atom. The Morgan fingerprint density at radius 3 is 2.58 bits per heavy atom. The van der Waals surface area contributed by atoms with Gasteiger partial charge in [0.2, 0.25) is 0 Å². The van der Waals surface area contributed by atoms with Crippen molar-refractivity contribution in [3.63, 3.8) is 0 Å². The normalized spacial score (nSPS) is 12.5. The van der Waals surface area contributed by atoms with E-state index in [2.05, 4.69) is 15.4 Å². The Kier molecular flexibility index (Phi) is 4.57. The van der Waals surface area contributed by atoms with Gasteiger partial charge >= 0.3 is 0 Å². The van der Waals surface area contributed by atoms with Crippen molar-refractivity contribution in [3.8, 4) is 11.3 Å². The Labute approximate surface area is 140 Å². The lowest BCUT2D eigenvalue weighted by Gasteiger charge is -2.20. The molecular weight excluding hydrogens is 304 g/mol. The first kappa shape index (κ1) is 16.1. The van der Waals surface area contributed by atoms with E-state index in [1.807, 2.05) is 38.1 Å². The molecule has 0 spiro atoms. The van der Waals surface area contributed by atoms with Crippen LogP contribution in [-0.4, -0.2) is 38.6 Å². The van der Waals surface area contributed by atoms with E-state index in [-0.39, 0.29) is 18.6 Å². The Hall–Kier alpha value is -2.73. The van der Waals surface area contributed by atoms with Crippen molar-refractivity contribution < 1.29 is 9.90 Å². The number of aromatic nitrogens is 3. The minimum atomic E-state index is -0.0613. The van der Waals surface area contributed by atoms with Crippen LogP contribution in [0.1, 0.15) is 24.2 Å². The minimum absolute atomic E-state index is 0.0430. The molecule has 0 saturated carbocycles. The summed E-state index contributed by atoms with van der Waals surface area (Å²) in [7, 11) is 0. The van der Waals surface area contributed by atoms with Crippen molar-refractivity contribution >= 4 is 17.8 Å². The maximum Gasteiger partial charge on any atom is 0.154 e. The summed E-state index contributed by atoms with van der Waals surface area (Å²) in [5.74, 6) is 0.963. The molecule has 2 heterocycles.